The lowest BCUT2D eigenvalue weighted by Gasteiger charge is -2.16. The van der Waals surface area contributed by atoms with Crippen LogP contribution in [0.15, 0.2) is 54.6 Å². The Morgan fingerprint density at radius 1 is 1.23 bits per heavy atom. The third-order valence-electron chi connectivity index (χ3n) is 3.81. The van der Waals surface area contributed by atoms with E-state index in [4.69, 9.17) is 16.3 Å². The molecule has 5 nitrogen and oxygen atoms in total. The van der Waals surface area contributed by atoms with Crippen molar-refractivity contribution >= 4 is 17.5 Å². The third kappa shape index (κ3) is 4.21. The molecule has 134 valence electrons. The van der Waals surface area contributed by atoms with Crippen LogP contribution in [0, 0.1) is 5.82 Å². The van der Waals surface area contributed by atoms with Crippen molar-refractivity contribution in [1.29, 1.82) is 0 Å². The maximum atomic E-state index is 12.9. The summed E-state index contributed by atoms with van der Waals surface area (Å²) >= 11 is 6.16. The van der Waals surface area contributed by atoms with E-state index in [2.05, 4.69) is 10.2 Å². The largest absolute Gasteiger partial charge is 0.492 e. The first-order chi connectivity index (χ1) is 12.5. The van der Waals surface area contributed by atoms with Crippen LogP contribution in [-0.2, 0) is 0 Å². The second kappa shape index (κ2) is 8.01. The standard InChI is InChI=1S/C19H17ClFN3O2/c1-24(10-11-26-14-8-6-13(21)7-9-14)19(25)18-12-17(22-23-18)15-4-2-3-5-16(15)20/h2-9,12H,10-11H2,1H3,(H,22,23). The summed E-state index contributed by atoms with van der Waals surface area (Å²) in [7, 11) is 1.67. The van der Waals surface area contributed by atoms with Crippen molar-refractivity contribution in [3.05, 3.63) is 71.1 Å². The van der Waals surface area contributed by atoms with Gasteiger partial charge >= 0.3 is 0 Å². The molecule has 0 atom stereocenters. The summed E-state index contributed by atoms with van der Waals surface area (Å²) in [6.45, 7) is 0.663. The zero-order valence-corrected chi connectivity index (χ0v) is 14.8. The van der Waals surface area contributed by atoms with Crippen LogP contribution in [0.2, 0.25) is 5.02 Å². The summed E-state index contributed by atoms with van der Waals surface area (Å²) in [6.07, 6.45) is 0. The number of benzene rings is 2. The molecule has 3 aromatic rings. The Kier molecular flexibility index (Phi) is 5.53. The van der Waals surface area contributed by atoms with Gasteiger partial charge in [0.2, 0.25) is 0 Å². The second-order valence-electron chi connectivity index (χ2n) is 5.68. The first kappa shape index (κ1) is 17.9. The molecule has 0 aliphatic rings. The van der Waals surface area contributed by atoms with Gasteiger partial charge in [-0.2, -0.15) is 5.10 Å². The van der Waals surface area contributed by atoms with Gasteiger partial charge in [0.25, 0.3) is 5.91 Å². The number of hydrogen-bond acceptors (Lipinski definition) is 3. The van der Waals surface area contributed by atoms with Gasteiger partial charge in [-0.25, -0.2) is 4.39 Å². The van der Waals surface area contributed by atoms with E-state index in [0.717, 1.165) is 5.56 Å². The number of carbonyl (C=O) groups is 1. The Bertz CT molecular complexity index is 896. The third-order valence-corrected chi connectivity index (χ3v) is 4.14. The second-order valence-corrected chi connectivity index (χ2v) is 6.08. The molecule has 0 aliphatic heterocycles. The molecule has 0 aliphatic carbocycles. The Hall–Kier alpha value is -2.86. The van der Waals surface area contributed by atoms with Crippen LogP contribution in [0.25, 0.3) is 11.3 Å². The van der Waals surface area contributed by atoms with Gasteiger partial charge in [0.05, 0.1) is 17.3 Å². The van der Waals surface area contributed by atoms with Gasteiger partial charge in [-0.3, -0.25) is 9.89 Å². The number of carbonyl (C=O) groups excluding carboxylic acids is 1. The molecule has 0 saturated heterocycles. The summed E-state index contributed by atoms with van der Waals surface area (Å²) < 4.78 is 18.4. The van der Waals surface area contributed by atoms with Crippen LogP contribution in [-0.4, -0.2) is 41.2 Å². The van der Waals surface area contributed by atoms with E-state index in [1.165, 1.54) is 17.0 Å². The molecule has 1 heterocycles. The van der Waals surface area contributed by atoms with Gasteiger partial charge in [0, 0.05) is 12.6 Å². The average Bonchev–Trinajstić information content (AvgIpc) is 3.13. The molecule has 1 aromatic heterocycles. The Labute approximate surface area is 155 Å². The molecule has 26 heavy (non-hydrogen) atoms. The Balaban J connectivity index is 1.58. The van der Waals surface area contributed by atoms with Gasteiger partial charge in [-0.1, -0.05) is 29.8 Å². The van der Waals surface area contributed by atoms with E-state index < -0.39 is 0 Å². The molecule has 3 rings (SSSR count). The smallest absolute Gasteiger partial charge is 0.271 e. The van der Waals surface area contributed by atoms with Crippen molar-refractivity contribution in [2.75, 3.05) is 20.2 Å². The lowest BCUT2D eigenvalue weighted by Crippen LogP contribution is -2.31. The van der Waals surface area contributed by atoms with Crippen molar-refractivity contribution in [2.24, 2.45) is 0 Å². The fourth-order valence-corrected chi connectivity index (χ4v) is 2.61. The maximum absolute atomic E-state index is 12.9. The predicted molar refractivity (Wildman–Crippen MR) is 97.9 cm³/mol. The number of ether oxygens (including phenoxy) is 1. The lowest BCUT2D eigenvalue weighted by atomic mass is 10.1. The minimum atomic E-state index is -0.321. The van der Waals surface area contributed by atoms with E-state index in [-0.39, 0.29) is 11.7 Å². The fourth-order valence-electron chi connectivity index (χ4n) is 2.38. The van der Waals surface area contributed by atoms with E-state index in [1.807, 2.05) is 18.2 Å². The van der Waals surface area contributed by atoms with Crippen LogP contribution >= 0.6 is 11.6 Å². The quantitative estimate of drug-likeness (QED) is 0.710. The van der Waals surface area contributed by atoms with Gasteiger partial charge in [0.15, 0.2) is 0 Å². The molecule has 0 saturated carbocycles. The average molecular weight is 374 g/mol. The van der Waals surface area contributed by atoms with Crippen LogP contribution < -0.4 is 4.74 Å². The van der Waals surface area contributed by atoms with Crippen molar-refractivity contribution < 1.29 is 13.9 Å². The molecular weight excluding hydrogens is 357 g/mol. The topological polar surface area (TPSA) is 58.2 Å². The minimum Gasteiger partial charge on any atom is -0.492 e. The summed E-state index contributed by atoms with van der Waals surface area (Å²) in [6, 6.07) is 14.7. The molecule has 0 fully saturated rings. The number of aromatic nitrogens is 2. The number of amides is 1. The molecule has 0 radical (unpaired) electrons. The molecule has 1 amide bonds. The zero-order valence-electron chi connectivity index (χ0n) is 14.1. The normalized spacial score (nSPS) is 10.6. The number of aromatic amines is 1. The maximum Gasteiger partial charge on any atom is 0.271 e. The highest BCUT2D eigenvalue weighted by atomic mass is 35.5. The number of halogens is 2. The van der Waals surface area contributed by atoms with Crippen molar-refractivity contribution in [3.8, 4) is 17.0 Å². The number of likely N-dealkylation sites (N-methyl/N-ethyl adjacent to an activating group) is 1. The van der Waals surface area contributed by atoms with Crippen molar-refractivity contribution in [2.45, 2.75) is 0 Å². The molecular formula is C19H17ClFN3O2. The van der Waals surface area contributed by atoms with Crippen molar-refractivity contribution in [1.82, 2.24) is 15.1 Å². The van der Waals surface area contributed by atoms with E-state index in [1.54, 1.807) is 31.3 Å². The zero-order chi connectivity index (χ0) is 18.5. The lowest BCUT2D eigenvalue weighted by molar-refractivity contribution is 0.0768. The number of nitrogens with zero attached hydrogens (tertiary/aromatic N) is 2. The van der Waals surface area contributed by atoms with E-state index in [0.29, 0.717) is 35.3 Å². The first-order valence-electron chi connectivity index (χ1n) is 7.99. The number of hydrogen-bond donors (Lipinski definition) is 1. The molecule has 7 heteroatoms. The SMILES string of the molecule is CN(CCOc1ccc(F)cc1)C(=O)c1cc(-c2ccccc2Cl)n[nH]1. The van der Waals surface area contributed by atoms with E-state index >= 15 is 0 Å². The molecule has 0 spiro atoms. The highest BCUT2D eigenvalue weighted by Gasteiger charge is 2.16. The minimum absolute atomic E-state index is 0.210. The highest BCUT2D eigenvalue weighted by molar-refractivity contribution is 6.33. The summed E-state index contributed by atoms with van der Waals surface area (Å²) in [5.41, 5.74) is 1.73. The first-order valence-corrected chi connectivity index (χ1v) is 8.36. The molecule has 1 N–H and O–H groups in total. The van der Waals surface area contributed by atoms with Gasteiger partial charge in [0.1, 0.15) is 23.9 Å². The number of H-pyrrole nitrogens is 1. The van der Waals surface area contributed by atoms with Crippen LogP contribution in [0.4, 0.5) is 4.39 Å². The highest BCUT2D eigenvalue weighted by Crippen LogP contribution is 2.26. The summed E-state index contributed by atoms with van der Waals surface area (Å²) in [5, 5.41) is 7.48. The van der Waals surface area contributed by atoms with Gasteiger partial charge in [-0.05, 0) is 36.4 Å². The summed E-state index contributed by atoms with van der Waals surface area (Å²) in [5.74, 6) is 0.0199. The van der Waals surface area contributed by atoms with Gasteiger partial charge < -0.3 is 9.64 Å². The molecule has 0 bridgehead atoms. The van der Waals surface area contributed by atoms with E-state index in [9.17, 15) is 9.18 Å². The predicted octanol–water partition coefficient (Wildman–Crippen LogP) is 4.02. The summed E-state index contributed by atoms with van der Waals surface area (Å²) in [4.78, 5) is 14.0. The fraction of sp³-hybridized carbons (Fsp3) is 0.158. The molecule has 0 unspecified atom stereocenters. The monoisotopic (exact) mass is 373 g/mol. The van der Waals surface area contributed by atoms with Gasteiger partial charge in [-0.15, -0.1) is 0 Å². The Morgan fingerprint density at radius 2 is 1.96 bits per heavy atom. The number of rotatable bonds is 6. The van der Waals surface area contributed by atoms with Crippen LogP contribution in [0.3, 0.4) is 0 Å². The Morgan fingerprint density at radius 3 is 2.69 bits per heavy atom. The molecule has 2 aromatic carbocycles. The number of nitrogens with one attached hydrogen (secondary N) is 1. The van der Waals surface area contributed by atoms with Crippen LogP contribution in [0.5, 0.6) is 5.75 Å². The van der Waals surface area contributed by atoms with Crippen molar-refractivity contribution in [3.63, 3.8) is 0 Å². The van der Waals surface area contributed by atoms with Crippen LogP contribution in [0.1, 0.15) is 10.5 Å².